The lowest BCUT2D eigenvalue weighted by molar-refractivity contribution is 0.0974. The number of sulfonamides is 1. The molecule has 1 unspecified atom stereocenters. The van der Waals surface area contributed by atoms with Gasteiger partial charge in [0.25, 0.3) is 0 Å². The Hall–Kier alpha value is -1.24. The summed E-state index contributed by atoms with van der Waals surface area (Å²) in [5.74, 6) is -0.0468. The third-order valence-electron chi connectivity index (χ3n) is 3.85. The van der Waals surface area contributed by atoms with E-state index in [4.69, 9.17) is 5.73 Å². The second-order valence-electron chi connectivity index (χ2n) is 5.43. The summed E-state index contributed by atoms with van der Waals surface area (Å²) in [6.07, 6.45) is 2.84. The Labute approximate surface area is 126 Å². The normalized spacial score (nSPS) is 17.8. The van der Waals surface area contributed by atoms with Gasteiger partial charge in [0, 0.05) is 31.1 Å². The number of ketones is 1. The van der Waals surface area contributed by atoms with E-state index in [2.05, 4.69) is 0 Å². The van der Waals surface area contributed by atoms with Crippen molar-refractivity contribution in [2.75, 3.05) is 13.1 Å². The first-order valence-electron chi connectivity index (χ1n) is 7.34. The van der Waals surface area contributed by atoms with Gasteiger partial charge in [-0.2, -0.15) is 4.31 Å². The molecule has 1 aromatic carbocycles. The molecule has 116 valence electrons. The van der Waals surface area contributed by atoms with Crippen LogP contribution in [-0.4, -0.2) is 37.6 Å². The molecule has 2 N–H and O–H groups in total. The number of Topliss-reactive ketones (excluding diaryl/α,β-unsaturated/α-hetero) is 1. The van der Waals surface area contributed by atoms with E-state index in [0.29, 0.717) is 18.7 Å². The van der Waals surface area contributed by atoms with E-state index in [1.54, 1.807) is 12.1 Å². The molecule has 1 atom stereocenters. The van der Waals surface area contributed by atoms with E-state index in [0.717, 1.165) is 19.3 Å². The largest absolute Gasteiger partial charge is 0.327 e. The maximum absolute atomic E-state index is 12.4. The topological polar surface area (TPSA) is 80.5 Å². The maximum Gasteiger partial charge on any atom is 0.243 e. The first-order chi connectivity index (χ1) is 9.95. The Morgan fingerprint density at radius 2 is 1.81 bits per heavy atom. The van der Waals surface area contributed by atoms with Crippen LogP contribution in [0.5, 0.6) is 0 Å². The molecule has 1 heterocycles. The van der Waals surface area contributed by atoms with E-state index >= 15 is 0 Å². The standard InChI is InChI=1S/C15H22N2O3S/c1-2-13(16)11-15(18)12-5-7-14(8-6-12)21(19,20)17-9-3-4-10-17/h5-8,13H,2-4,9-11,16H2,1H3. The van der Waals surface area contributed by atoms with E-state index in [-0.39, 0.29) is 23.1 Å². The van der Waals surface area contributed by atoms with Gasteiger partial charge in [0.1, 0.15) is 0 Å². The first-order valence-corrected chi connectivity index (χ1v) is 8.78. The van der Waals surface area contributed by atoms with E-state index < -0.39 is 10.0 Å². The Kier molecular flexibility index (Phi) is 5.13. The molecule has 1 aliphatic rings. The van der Waals surface area contributed by atoms with Gasteiger partial charge in [0.15, 0.2) is 5.78 Å². The maximum atomic E-state index is 12.4. The van der Waals surface area contributed by atoms with Gasteiger partial charge in [-0.05, 0) is 31.4 Å². The van der Waals surface area contributed by atoms with Crippen molar-refractivity contribution in [2.45, 2.75) is 43.5 Å². The van der Waals surface area contributed by atoms with Crippen molar-refractivity contribution >= 4 is 15.8 Å². The van der Waals surface area contributed by atoms with Gasteiger partial charge in [0.05, 0.1) is 4.90 Å². The molecule has 6 heteroatoms. The van der Waals surface area contributed by atoms with Gasteiger partial charge >= 0.3 is 0 Å². The minimum absolute atomic E-state index is 0.0468. The zero-order valence-corrected chi connectivity index (χ0v) is 13.1. The number of hydrogen-bond donors (Lipinski definition) is 1. The van der Waals surface area contributed by atoms with Crippen molar-refractivity contribution in [1.29, 1.82) is 0 Å². The molecule has 5 nitrogen and oxygen atoms in total. The monoisotopic (exact) mass is 310 g/mol. The molecule has 0 radical (unpaired) electrons. The minimum atomic E-state index is -3.41. The van der Waals surface area contributed by atoms with E-state index in [1.807, 2.05) is 6.92 Å². The third kappa shape index (κ3) is 3.70. The number of hydrogen-bond acceptors (Lipinski definition) is 4. The van der Waals surface area contributed by atoms with Crippen LogP contribution in [0.3, 0.4) is 0 Å². The predicted molar refractivity (Wildman–Crippen MR) is 81.6 cm³/mol. The molecule has 1 aliphatic heterocycles. The van der Waals surface area contributed by atoms with Crippen LogP contribution in [-0.2, 0) is 10.0 Å². The second kappa shape index (κ2) is 6.68. The van der Waals surface area contributed by atoms with Crippen LogP contribution in [0.1, 0.15) is 43.0 Å². The number of carbonyl (C=O) groups excluding carboxylic acids is 1. The average Bonchev–Trinajstić information content (AvgIpc) is 3.02. The fraction of sp³-hybridized carbons (Fsp3) is 0.533. The van der Waals surface area contributed by atoms with E-state index in [9.17, 15) is 13.2 Å². The van der Waals surface area contributed by atoms with Gasteiger partial charge in [-0.25, -0.2) is 8.42 Å². The molecular formula is C15H22N2O3S. The molecule has 0 spiro atoms. The van der Waals surface area contributed by atoms with Crippen molar-refractivity contribution in [1.82, 2.24) is 4.31 Å². The van der Waals surface area contributed by atoms with Gasteiger partial charge in [-0.1, -0.05) is 19.1 Å². The van der Waals surface area contributed by atoms with Crippen molar-refractivity contribution < 1.29 is 13.2 Å². The molecule has 0 saturated carbocycles. The zero-order chi connectivity index (χ0) is 15.5. The van der Waals surface area contributed by atoms with Crippen molar-refractivity contribution in [3.05, 3.63) is 29.8 Å². The average molecular weight is 310 g/mol. The Morgan fingerprint density at radius 3 is 2.33 bits per heavy atom. The highest BCUT2D eigenvalue weighted by Crippen LogP contribution is 2.21. The van der Waals surface area contributed by atoms with Crippen molar-refractivity contribution in [2.24, 2.45) is 5.73 Å². The van der Waals surface area contributed by atoms with Crippen LogP contribution in [0.4, 0.5) is 0 Å². The van der Waals surface area contributed by atoms with Crippen LogP contribution in [0, 0.1) is 0 Å². The smallest absolute Gasteiger partial charge is 0.243 e. The highest BCUT2D eigenvalue weighted by molar-refractivity contribution is 7.89. The summed E-state index contributed by atoms with van der Waals surface area (Å²) in [5.41, 5.74) is 6.28. The summed E-state index contributed by atoms with van der Waals surface area (Å²) in [4.78, 5) is 12.2. The molecule has 1 fully saturated rings. The number of carbonyl (C=O) groups is 1. The summed E-state index contributed by atoms with van der Waals surface area (Å²) in [6.45, 7) is 3.09. The van der Waals surface area contributed by atoms with E-state index in [1.165, 1.54) is 16.4 Å². The molecule has 0 aromatic heterocycles. The summed E-state index contributed by atoms with van der Waals surface area (Å²) in [5, 5.41) is 0. The molecule has 2 rings (SSSR count). The highest BCUT2D eigenvalue weighted by Gasteiger charge is 2.27. The van der Waals surface area contributed by atoms with Crippen molar-refractivity contribution in [3.8, 4) is 0 Å². The fourth-order valence-corrected chi connectivity index (χ4v) is 3.91. The van der Waals surface area contributed by atoms with Crippen LogP contribution < -0.4 is 5.73 Å². The van der Waals surface area contributed by atoms with Gasteiger partial charge in [-0.3, -0.25) is 4.79 Å². The number of nitrogens with two attached hydrogens (primary N) is 1. The van der Waals surface area contributed by atoms with Crippen molar-refractivity contribution in [3.63, 3.8) is 0 Å². The summed E-state index contributed by atoms with van der Waals surface area (Å²) in [7, 11) is -3.41. The summed E-state index contributed by atoms with van der Waals surface area (Å²) in [6, 6.07) is 6.03. The molecule has 0 bridgehead atoms. The van der Waals surface area contributed by atoms with Gasteiger partial charge in [0.2, 0.25) is 10.0 Å². The minimum Gasteiger partial charge on any atom is -0.327 e. The molecule has 0 aliphatic carbocycles. The number of rotatable bonds is 6. The van der Waals surface area contributed by atoms with Gasteiger partial charge < -0.3 is 5.73 Å². The van der Waals surface area contributed by atoms with Crippen LogP contribution in [0.15, 0.2) is 29.2 Å². The second-order valence-corrected chi connectivity index (χ2v) is 7.37. The number of benzene rings is 1. The van der Waals surface area contributed by atoms with Crippen LogP contribution in [0.25, 0.3) is 0 Å². The molecule has 1 saturated heterocycles. The highest BCUT2D eigenvalue weighted by atomic mass is 32.2. The van der Waals surface area contributed by atoms with Crippen LogP contribution in [0.2, 0.25) is 0 Å². The lowest BCUT2D eigenvalue weighted by Crippen LogP contribution is -2.27. The lowest BCUT2D eigenvalue weighted by Gasteiger charge is -2.15. The van der Waals surface area contributed by atoms with Crippen LogP contribution >= 0.6 is 0 Å². The SMILES string of the molecule is CCC(N)CC(=O)c1ccc(S(=O)(=O)N2CCCC2)cc1. The Balaban J connectivity index is 2.13. The van der Waals surface area contributed by atoms with Gasteiger partial charge in [-0.15, -0.1) is 0 Å². The zero-order valence-electron chi connectivity index (χ0n) is 12.3. The summed E-state index contributed by atoms with van der Waals surface area (Å²) < 4.78 is 26.2. The quantitative estimate of drug-likeness (QED) is 0.812. The Bertz CT molecular complexity index is 590. The molecule has 21 heavy (non-hydrogen) atoms. The molecule has 0 amide bonds. The Morgan fingerprint density at radius 1 is 1.24 bits per heavy atom. The summed E-state index contributed by atoms with van der Waals surface area (Å²) >= 11 is 0. The fourth-order valence-electron chi connectivity index (χ4n) is 2.39. The first kappa shape index (κ1) is 16.1. The third-order valence-corrected chi connectivity index (χ3v) is 5.76. The molecular weight excluding hydrogens is 288 g/mol. The lowest BCUT2D eigenvalue weighted by atomic mass is 10.0. The number of nitrogens with zero attached hydrogens (tertiary/aromatic N) is 1. The molecule has 1 aromatic rings. The predicted octanol–water partition coefficient (Wildman–Crippen LogP) is 1.78.